The van der Waals surface area contributed by atoms with E-state index in [1.54, 1.807) is 36.4 Å². The lowest BCUT2D eigenvalue weighted by molar-refractivity contribution is 0.0712. The third-order valence-electron chi connectivity index (χ3n) is 5.20. The fourth-order valence-electron chi connectivity index (χ4n) is 3.83. The van der Waals surface area contributed by atoms with E-state index in [0.717, 1.165) is 12.8 Å². The standard InChI is InChI=1S/C21H17FN6O2/c1-12-25-20(30-27-12)19-3-2-6-28(19)21(29)16-8-17(13-9-23-11-24-10-13)26-18-7-14(22)4-5-15(16)18/h4-5,7-11,19H,2-3,6H2,1H3/t19-/m1/s1. The van der Waals surface area contributed by atoms with Crippen LogP contribution in [0.2, 0.25) is 0 Å². The number of carbonyl (C=O) groups excluding carboxylic acids is 1. The molecule has 150 valence electrons. The number of nitrogens with zero attached hydrogens (tertiary/aromatic N) is 6. The van der Waals surface area contributed by atoms with Crippen molar-refractivity contribution < 1.29 is 13.7 Å². The normalized spacial score (nSPS) is 16.3. The quantitative estimate of drug-likeness (QED) is 0.515. The Labute approximate surface area is 170 Å². The first-order chi connectivity index (χ1) is 14.6. The van der Waals surface area contributed by atoms with Crippen molar-refractivity contribution in [2.24, 2.45) is 0 Å². The lowest BCUT2D eigenvalue weighted by atomic mass is 10.0. The highest BCUT2D eigenvalue weighted by atomic mass is 19.1. The van der Waals surface area contributed by atoms with Gasteiger partial charge in [-0.25, -0.2) is 19.3 Å². The molecule has 4 heterocycles. The number of fused-ring (bicyclic) bond motifs is 1. The lowest BCUT2D eigenvalue weighted by Crippen LogP contribution is -2.31. The second-order valence-electron chi connectivity index (χ2n) is 7.18. The van der Waals surface area contributed by atoms with E-state index in [1.807, 2.05) is 0 Å². The number of pyridine rings is 1. The molecule has 0 saturated carbocycles. The summed E-state index contributed by atoms with van der Waals surface area (Å²) in [6.45, 7) is 2.31. The fourth-order valence-corrected chi connectivity index (χ4v) is 3.83. The highest BCUT2D eigenvalue weighted by molar-refractivity contribution is 6.07. The number of halogens is 1. The van der Waals surface area contributed by atoms with Crippen LogP contribution in [0.3, 0.4) is 0 Å². The van der Waals surface area contributed by atoms with Crippen molar-refractivity contribution in [3.05, 3.63) is 66.1 Å². The van der Waals surface area contributed by atoms with Gasteiger partial charge in [-0.1, -0.05) is 5.16 Å². The van der Waals surface area contributed by atoms with Crippen molar-refractivity contribution in [3.8, 4) is 11.3 Å². The highest BCUT2D eigenvalue weighted by Crippen LogP contribution is 2.34. The van der Waals surface area contributed by atoms with Crippen molar-refractivity contribution in [1.29, 1.82) is 0 Å². The number of hydrogen-bond acceptors (Lipinski definition) is 7. The third kappa shape index (κ3) is 3.18. The van der Waals surface area contributed by atoms with Crippen LogP contribution in [0.1, 0.15) is 41.0 Å². The minimum absolute atomic E-state index is 0.189. The van der Waals surface area contributed by atoms with E-state index < -0.39 is 5.82 Å². The Morgan fingerprint density at radius 2 is 2.03 bits per heavy atom. The van der Waals surface area contributed by atoms with Crippen molar-refractivity contribution in [1.82, 2.24) is 30.0 Å². The van der Waals surface area contributed by atoms with E-state index >= 15 is 0 Å². The number of aryl methyl sites for hydroxylation is 1. The Kier molecular flexibility index (Phi) is 4.42. The highest BCUT2D eigenvalue weighted by Gasteiger charge is 2.35. The van der Waals surface area contributed by atoms with Gasteiger partial charge in [0.2, 0.25) is 5.89 Å². The van der Waals surface area contributed by atoms with Crippen molar-refractivity contribution in [3.63, 3.8) is 0 Å². The van der Waals surface area contributed by atoms with Crippen LogP contribution in [0.4, 0.5) is 4.39 Å². The smallest absolute Gasteiger partial charge is 0.255 e. The molecule has 9 heteroatoms. The molecule has 0 aliphatic carbocycles. The minimum Gasteiger partial charge on any atom is -0.337 e. The number of hydrogen-bond donors (Lipinski definition) is 0. The van der Waals surface area contributed by atoms with Crippen molar-refractivity contribution in [2.75, 3.05) is 6.54 Å². The van der Waals surface area contributed by atoms with Gasteiger partial charge < -0.3 is 9.42 Å². The Hall–Kier alpha value is -3.75. The summed E-state index contributed by atoms with van der Waals surface area (Å²) in [6, 6.07) is 5.65. The summed E-state index contributed by atoms with van der Waals surface area (Å²) < 4.78 is 19.2. The van der Waals surface area contributed by atoms with Crippen LogP contribution in [-0.4, -0.2) is 42.4 Å². The molecule has 1 saturated heterocycles. The van der Waals surface area contributed by atoms with Crippen LogP contribution in [0.5, 0.6) is 0 Å². The first-order valence-corrected chi connectivity index (χ1v) is 9.57. The molecule has 30 heavy (non-hydrogen) atoms. The largest absolute Gasteiger partial charge is 0.337 e. The summed E-state index contributed by atoms with van der Waals surface area (Å²) >= 11 is 0. The molecule has 0 radical (unpaired) electrons. The molecule has 1 aliphatic rings. The summed E-state index contributed by atoms with van der Waals surface area (Å²) in [5.41, 5.74) is 1.97. The average molecular weight is 404 g/mol. The monoisotopic (exact) mass is 404 g/mol. The first-order valence-electron chi connectivity index (χ1n) is 9.57. The van der Waals surface area contributed by atoms with E-state index in [4.69, 9.17) is 4.52 Å². The van der Waals surface area contributed by atoms with Gasteiger partial charge in [-0.3, -0.25) is 4.79 Å². The summed E-state index contributed by atoms with van der Waals surface area (Å²) in [4.78, 5) is 32.2. The van der Waals surface area contributed by atoms with Crippen molar-refractivity contribution in [2.45, 2.75) is 25.8 Å². The maximum atomic E-state index is 13.9. The van der Waals surface area contributed by atoms with E-state index in [-0.39, 0.29) is 11.9 Å². The number of benzene rings is 1. The molecule has 4 aromatic rings. The van der Waals surface area contributed by atoms with Gasteiger partial charge in [0.1, 0.15) is 18.2 Å². The van der Waals surface area contributed by atoms with E-state index in [2.05, 4.69) is 25.1 Å². The van der Waals surface area contributed by atoms with Gasteiger partial charge in [-0.05, 0) is 38.0 Å². The Balaban J connectivity index is 1.62. The molecule has 1 aromatic carbocycles. The molecule has 0 bridgehead atoms. The summed E-state index contributed by atoms with van der Waals surface area (Å²) in [5.74, 6) is 0.348. The molecule has 1 aliphatic heterocycles. The molecule has 3 aromatic heterocycles. The van der Waals surface area contributed by atoms with Crippen LogP contribution >= 0.6 is 0 Å². The Morgan fingerprint density at radius 3 is 2.80 bits per heavy atom. The zero-order valence-corrected chi connectivity index (χ0v) is 16.1. The Bertz CT molecular complexity index is 1240. The number of carbonyl (C=O) groups is 1. The molecule has 1 fully saturated rings. The van der Waals surface area contributed by atoms with Gasteiger partial charge in [0.25, 0.3) is 5.91 Å². The second kappa shape index (κ2) is 7.25. The molecule has 1 atom stereocenters. The third-order valence-corrected chi connectivity index (χ3v) is 5.20. The van der Waals surface area contributed by atoms with Crippen LogP contribution in [0, 0.1) is 12.7 Å². The number of amides is 1. The zero-order chi connectivity index (χ0) is 20.7. The van der Waals surface area contributed by atoms with E-state index in [1.165, 1.54) is 18.5 Å². The molecule has 5 rings (SSSR count). The number of rotatable bonds is 3. The summed E-state index contributed by atoms with van der Waals surface area (Å²) in [6.07, 6.45) is 6.19. The SMILES string of the molecule is Cc1noc([C@H]2CCCN2C(=O)c2cc(-c3cncnc3)nc3cc(F)ccc23)n1. The molecule has 0 N–H and O–H groups in total. The van der Waals surface area contributed by atoms with Gasteiger partial charge in [-0.2, -0.15) is 4.98 Å². The molecular weight excluding hydrogens is 387 g/mol. The topological polar surface area (TPSA) is 97.9 Å². The maximum absolute atomic E-state index is 13.9. The van der Waals surface area contributed by atoms with Gasteiger partial charge in [0.05, 0.1) is 16.8 Å². The minimum atomic E-state index is -0.421. The maximum Gasteiger partial charge on any atom is 0.255 e. The van der Waals surface area contributed by atoms with E-state index in [0.29, 0.717) is 46.0 Å². The molecule has 1 amide bonds. The van der Waals surface area contributed by atoms with E-state index in [9.17, 15) is 9.18 Å². The van der Waals surface area contributed by atoms with Gasteiger partial charge in [-0.15, -0.1) is 0 Å². The molecule has 0 unspecified atom stereocenters. The van der Waals surface area contributed by atoms with Crippen LogP contribution < -0.4 is 0 Å². The second-order valence-corrected chi connectivity index (χ2v) is 7.18. The van der Waals surface area contributed by atoms with Gasteiger partial charge in [0.15, 0.2) is 5.82 Å². The van der Waals surface area contributed by atoms with Gasteiger partial charge in [0, 0.05) is 36.0 Å². The number of aromatic nitrogens is 5. The summed E-state index contributed by atoms with van der Waals surface area (Å²) in [5, 5.41) is 4.43. The molecular formula is C21H17FN6O2. The van der Waals surface area contributed by atoms with Crippen LogP contribution in [-0.2, 0) is 0 Å². The van der Waals surface area contributed by atoms with Crippen LogP contribution in [0.25, 0.3) is 22.2 Å². The zero-order valence-electron chi connectivity index (χ0n) is 16.1. The van der Waals surface area contributed by atoms with Crippen LogP contribution in [0.15, 0.2) is 47.5 Å². The Morgan fingerprint density at radius 1 is 1.20 bits per heavy atom. The predicted octanol–water partition coefficient (Wildman–Crippen LogP) is 3.50. The first kappa shape index (κ1) is 18.3. The fraction of sp³-hybridized carbons (Fsp3) is 0.238. The molecule has 0 spiro atoms. The molecule has 8 nitrogen and oxygen atoms in total. The lowest BCUT2D eigenvalue weighted by Gasteiger charge is -2.23. The average Bonchev–Trinajstić information content (AvgIpc) is 3.41. The summed E-state index contributed by atoms with van der Waals surface area (Å²) in [7, 11) is 0. The predicted molar refractivity (Wildman–Crippen MR) is 105 cm³/mol. The van der Waals surface area contributed by atoms with Gasteiger partial charge >= 0.3 is 0 Å². The number of likely N-dealkylation sites (tertiary alicyclic amines) is 1. The van der Waals surface area contributed by atoms with Crippen molar-refractivity contribution >= 4 is 16.8 Å².